The number of phenolic OH excluding ortho intramolecular Hbond substituents is 1. The van der Waals surface area contributed by atoms with Gasteiger partial charge < -0.3 is 10.8 Å². The quantitative estimate of drug-likeness (QED) is 0.456. The fourth-order valence-corrected chi connectivity index (χ4v) is 1.49. The number of carbonyl (C=O) groups is 1. The first-order chi connectivity index (χ1) is 7.68. The predicted molar refractivity (Wildman–Crippen MR) is 62.4 cm³/mol. The lowest BCUT2D eigenvalue weighted by Gasteiger charge is -2.05. The Kier molecular flexibility index (Phi) is 2.60. The molecular formula is C13H11NO2. The van der Waals surface area contributed by atoms with Crippen LogP contribution in [0.25, 0.3) is 0 Å². The van der Waals surface area contributed by atoms with E-state index in [0.29, 0.717) is 16.8 Å². The lowest BCUT2D eigenvalue weighted by molar-refractivity contribution is 0.103. The van der Waals surface area contributed by atoms with Gasteiger partial charge in [-0.2, -0.15) is 0 Å². The minimum absolute atomic E-state index is 0.0356. The molecule has 0 unspecified atom stereocenters. The fourth-order valence-electron chi connectivity index (χ4n) is 1.49. The van der Waals surface area contributed by atoms with Crippen LogP contribution in [0.2, 0.25) is 0 Å². The molecule has 3 heteroatoms. The van der Waals surface area contributed by atoms with Gasteiger partial charge in [0.25, 0.3) is 0 Å². The molecule has 0 saturated carbocycles. The normalized spacial score (nSPS) is 10.0. The van der Waals surface area contributed by atoms with Gasteiger partial charge in [0, 0.05) is 16.8 Å². The van der Waals surface area contributed by atoms with Crippen LogP contribution in [0.1, 0.15) is 15.9 Å². The van der Waals surface area contributed by atoms with Crippen molar-refractivity contribution < 1.29 is 9.90 Å². The number of hydrogen-bond acceptors (Lipinski definition) is 3. The molecule has 0 saturated heterocycles. The summed E-state index contributed by atoms with van der Waals surface area (Å²) < 4.78 is 0. The zero-order valence-electron chi connectivity index (χ0n) is 8.55. The van der Waals surface area contributed by atoms with Gasteiger partial charge in [-0.25, -0.2) is 0 Å². The molecule has 0 radical (unpaired) electrons. The molecule has 0 aliphatic heterocycles. The topological polar surface area (TPSA) is 63.3 Å². The van der Waals surface area contributed by atoms with Gasteiger partial charge in [-0.05, 0) is 18.2 Å². The van der Waals surface area contributed by atoms with Gasteiger partial charge in [0.2, 0.25) is 0 Å². The molecule has 2 aromatic rings. The highest BCUT2D eigenvalue weighted by atomic mass is 16.3. The fraction of sp³-hybridized carbons (Fsp3) is 0. The van der Waals surface area contributed by atoms with Crippen LogP contribution < -0.4 is 5.73 Å². The Labute approximate surface area is 93.1 Å². The standard InChI is InChI=1S/C13H11NO2/c14-12-7-6-10(15)8-11(12)13(16)9-4-2-1-3-5-9/h1-8,15H,14H2. The number of aromatic hydroxyl groups is 1. The van der Waals surface area contributed by atoms with Crippen LogP contribution in [-0.4, -0.2) is 10.9 Å². The van der Waals surface area contributed by atoms with Crippen molar-refractivity contribution in [1.29, 1.82) is 0 Å². The summed E-state index contributed by atoms with van der Waals surface area (Å²) in [5.74, 6) is -0.150. The summed E-state index contributed by atoms with van der Waals surface area (Å²) in [6.45, 7) is 0. The van der Waals surface area contributed by atoms with Crippen LogP contribution in [0.15, 0.2) is 48.5 Å². The number of phenols is 1. The van der Waals surface area contributed by atoms with E-state index in [1.54, 1.807) is 24.3 Å². The van der Waals surface area contributed by atoms with E-state index in [1.165, 1.54) is 18.2 Å². The van der Waals surface area contributed by atoms with Gasteiger partial charge in [-0.1, -0.05) is 30.3 Å². The molecule has 0 fully saturated rings. The molecular weight excluding hydrogens is 202 g/mol. The zero-order chi connectivity index (χ0) is 11.5. The Morgan fingerprint density at radius 3 is 2.44 bits per heavy atom. The largest absolute Gasteiger partial charge is 0.508 e. The van der Waals surface area contributed by atoms with Crippen LogP contribution in [0, 0.1) is 0 Å². The van der Waals surface area contributed by atoms with E-state index in [2.05, 4.69) is 0 Å². The number of ketones is 1. The minimum Gasteiger partial charge on any atom is -0.508 e. The maximum atomic E-state index is 12.0. The molecule has 16 heavy (non-hydrogen) atoms. The molecule has 0 spiro atoms. The Balaban J connectivity index is 2.46. The monoisotopic (exact) mass is 213 g/mol. The van der Waals surface area contributed by atoms with E-state index in [0.717, 1.165) is 0 Å². The third-order valence-corrected chi connectivity index (χ3v) is 2.32. The third-order valence-electron chi connectivity index (χ3n) is 2.32. The second-order valence-corrected chi connectivity index (χ2v) is 3.47. The molecule has 3 nitrogen and oxygen atoms in total. The molecule has 0 bridgehead atoms. The van der Waals surface area contributed by atoms with E-state index >= 15 is 0 Å². The van der Waals surface area contributed by atoms with Crippen molar-refractivity contribution >= 4 is 11.5 Å². The van der Waals surface area contributed by atoms with Crippen LogP contribution in [-0.2, 0) is 0 Å². The van der Waals surface area contributed by atoms with Crippen LogP contribution in [0.5, 0.6) is 5.75 Å². The first kappa shape index (κ1) is 10.2. The highest BCUT2D eigenvalue weighted by Gasteiger charge is 2.12. The first-order valence-corrected chi connectivity index (χ1v) is 4.87. The minimum atomic E-state index is -0.186. The summed E-state index contributed by atoms with van der Waals surface area (Å²) in [4.78, 5) is 12.0. The van der Waals surface area contributed by atoms with Gasteiger partial charge in [0.1, 0.15) is 5.75 Å². The SMILES string of the molecule is Nc1ccc(O)cc1C(=O)c1ccccc1. The summed E-state index contributed by atoms with van der Waals surface area (Å²) in [6, 6.07) is 13.2. The van der Waals surface area contributed by atoms with E-state index in [9.17, 15) is 9.90 Å². The van der Waals surface area contributed by atoms with E-state index < -0.39 is 0 Å². The van der Waals surface area contributed by atoms with Gasteiger partial charge in [0.15, 0.2) is 5.78 Å². The van der Waals surface area contributed by atoms with Crippen molar-refractivity contribution in [1.82, 2.24) is 0 Å². The Morgan fingerprint density at radius 2 is 1.75 bits per heavy atom. The molecule has 0 aromatic heterocycles. The zero-order valence-corrected chi connectivity index (χ0v) is 8.55. The van der Waals surface area contributed by atoms with E-state index in [4.69, 9.17) is 5.73 Å². The second-order valence-electron chi connectivity index (χ2n) is 3.47. The summed E-state index contributed by atoms with van der Waals surface area (Å²) in [5.41, 5.74) is 6.94. The molecule has 80 valence electrons. The highest BCUT2D eigenvalue weighted by molar-refractivity contribution is 6.12. The first-order valence-electron chi connectivity index (χ1n) is 4.87. The molecule has 2 aromatic carbocycles. The summed E-state index contributed by atoms with van der Waals surface area (Å²) in [5, 5.41) is 9.33. The number of benzene rings is 2. The summed E-state index contributed by atoms with van der Waals surface area (Å²) >= 11 is 0. The number of carbonyl (C=O) groups excluding carboxylic acids is 1. The molecule has 0 amide bonds. The van der Waals surface area contributed by atoms with Crippen molar-refractivity contribution in [2.45, 2.75) is 0 Å². The second kappa shape index (κ2) is 4.06. The third kappa shape index (κ3) is 1.88. The average molecular weight is 213 g/mol. The van der Waals surface area contributed by atoms with Crippen molar-refractivity contribution in [2.24, 2.45) is 0 Å². The smallest absolute Gasteiger partial charge is 0.195 e. The average Bonchev–Trinajstić information content (AvgIpc) is 2.32. The van der Waals surface area contributed by atoms with Crippen LogP contribution in [0.4, 0.5) is 5.69 Å². The number of nitrogens with two attached hydrogens (primary N) is 1. The van der Waals surface area contributed by atoms with Gasteiger partial charge in [-0.15, -0.1) is 0 Å². The summed E-state index contributed by atoms with van der Waals surface area (Å²) in [7, 11) is 0. The molecule has 0 heterocycles. The molecule has 0 aliphatic carbocycles. The summed E-state index contributed by atoms with van der Waals surface area (Å²) in [6.07, 6.45) is 0. The molecule has 3 N–H and O–H groups in total. The number of rotatable bonds is 2. The van der Waals surface area contributed by atoms with Gasteiger partial charge in [0.05, 0.1) is 0 Å². The maximum Gasteiger partial charge on any atom is 0.195 e. The van der Waals surface area contributed by atoms with E-state index in [-0.39, 0.29) is 11.5 Å². The van der Waals surface area contributed by atoms with Gasteiger partial charge in [-0.3, -0.25) is 4.79 Å². The van der Waals surface area contributed by atoms with E-state index in [1.807, 2.05) is 6.07 Å². The van der Waals surface area contributed by atoms with Crippen LogP contribution >= 0.6 is 0 Å². The number of nitrogen functional groups attached to an aromatic ring is 1. The van der Waals surface area contributed by atoms with Gasteiger partial charge >= 0.3 is 0 Å². The van der Waals surface area contributed by atoms with Crippen molar-refractivity contribution in [2.75, 3.05) is 5.73 Å². The Bertz CT molecular complexity index is 521. The molecule has 2 rings (SSSR count). The maximum absolute atomic E-state index is 12.0. The Hall–Kier alpha value is -2.29. The van der Waals surface area contributed by atoms with Crippen LogP contribution in [0.3, 0.4) is 0 Å². The number of hydrogen-bond donors (Lipinski definition) is 2. The predicted octanol–water partition coefficient (Wildman–Crippen LogP) is 2.21. The van der Waals surface area contributed by atoms with Crippen molar-refractivity contribution in [3.63, 3.8) is 0 Å². The molecule has 0 aliphatic rings. The van der Waals surface area contributed by atoms with Crippen molar-refractivity contribution in [3.05, 3.63) is 59.7 Å². The lowest BCUT2D eigenvalue weighted by Crippen LogP contribution is -2.04. The number of anilines is 1. The molecule has 0 atom stereocenters. The van der Waals surface area contributed by atoms with Crippen molar-refractivity contribution in [3.8, 4) is 5.75 Å². The lowest BCUT2D eigenvalue weighted by atomic mass is 10.0. The highest BCUT2D eigenvalue weighted by Crippen LogP contribution is 2.21. The Morgan fingerprint density at radius 1 is 1.06 bits per heavy atom.